The van der Waals surface area contributed by atoms with Crippen LogP contribution < -0.4 is 16.6 Å². The van der Waals surface area contributed by atoms with E-state index < -0.39 is 0 Å². The Kier molecular flexibility index (Phi) is 4.86. The van der Waals surface area contributed by atoms with E-state index in [0.717, 1.165) is 32.4 Å². The Bertz CT molecular complexity index is 181. The fourth-order valence-corrected chi connectivity index (χ4v) is 1.60. The first-order valence-corrected chi connectivity index (χ1v) is 5.13. The summed E-state index contributed by atoms with van der Waals surface area (Å²) in [6, 6.07) is -0.204. The number of nitrogens with two attached hydrogens (primary N) is 1. The topological polar surface area (TPSA) is 76.4 Å². The minimum atomic E-state index is -0.204. The molecule has 0 bridgehead atoms. The smallest absolute Gasteiger partial charge is 0.250 e. The third-order valence-electron chi connectivity index (χ3n) is 2.48. The molecular weight excluding hydrogens is 182 g/mol. The van der Waals surface area contributed by atoms with Crippen LogP contribution in [0.4, 0.5) is 0 Å². The van der Waals surface area contributed by atoms with E-state index in [1.54, 1.807) is 0 Å². The standard InChI is InChI=1S/C9H19N3O2/c1-2-8(9(13)12-10)11-6-7-4-3-5-14-7/h7-8,11H,2-6,10H2,1H3,(H,12,13)/t7-,8-/m0/s1. The molecule has 0 aromatic carbocycles. The molecular formula is C9H19N3O2. The van der Waals surface area contributed by atoms with E-state index in [1.807, 2.05) is 6.92 Å². The fourth-order valence-electron chi connectivity index (χ4n) is 1.60. The summed E-state index contributed by atoms with van der Waals surface area (Å²) in [4.78, 5) is 11.2. The number of amides is 1. The molecule has 4 N–H and O–H groups in total. The SMILES string of the molecule is CC[C@H](NC[C@@H]1CCCO1)C(=O)NN. The van der Waals surface area contributed by atoms with Gasteiger partial charge >= 0.3 is 0 Å². The molecule has 1 fully saturated rings. The monoisotopic (exact) mass is 201 g/mol. The predicted octanol–water partition coefficient (Wildman–Crippen LogP) is -0.476. The van der Waals surface area contributed by atoms with Gasteiger partial charge in [-0.1, -0.05) is 6.92 Å². The predicted molar refractivity (Wildman–Crippen MR) is 53.4 cm³/mol. The van der Waals surface area contributed by atoms with Gasteiger partial charge in [0.2, 0.25) is 0 Å². The third kappa shape index (κ3) is 3.25. The number of hydrazine groups is 1. The van der Waals surface area contributed by atoms with E-state index in [2.05, 4.69) is 10.7 Å². The number of hydrogen-bond acceptors (Lipinski definition) is 4. The van der Waals surface area contributed by atoms with Gasteiger partial charge in [-0.25, -0.2) is 5.84 Å². The van der Waals surface area contributed by atoms with E-state index in [-0.39, 0.29) is 18.1 Å². The Balaban J connectivity index is 2.22. The van der Waals surface area contributed by atoms with Crippen molar-refractivity contribution in [3.05, 3.63) is 0 Å². The third-order valence-corrected chi connectivity index (χ3v) is 2.48. The molecule has 14 heavy (non-hydrogen) atoms. The number of rotatable bonds is 5. The number of hydrogen-bond donors (Lipinski definition) is 3. The number of carbonyl (C=O) groups excluding carboxylic acids is 1. The Labute approximate surface area is 84.3 Å². The van der Waals surface area contributed by atoms with Gasteiger partial charge in [-0.05, 0) is 19.3 Å². The van der Waals surface area contributed by atoms with Crippen LogP contribution in [-0.4, -0.2) is 31.2 Å². The lowest BCUT2D eigenvalue weighted by Gasteiger charge is -2.17. The summed E-state index contributed by atoms with van der Waals surface area (Å²) in [5, 5.41) is 3.14. The van der Waals surface area contributed by atoms with Gasteiger partial charge < -0.3 is 10.1 Å². The van der Waals surface area contributed by atoms with Crippen LogP contribution in [0, 0.1) is 0 Å². The second kappa shape index (κ2) is 5.95. The highest BCUT2D eigenvalue weighted by Crippen LogP contribution is 2.10. The van der Waals surface area contributed by atoms with Crippen LogP contribution in [0.2, 0.25) is 0 Å². The molecule has 2 atom stereocenters. The molecule has 0 radical (unpaired) electrons. The van der Waals surface area contributed by atoms with Crippen molar-refractivity contribution >= 4 is 5.91 Å². The Hall–Kier alpha value is -0.650. The van der Waals surface area contributed by atoms with Crippen LogP contribution in [0.1, 0.15) is 26.2 Å². The molecule has 5 nitrogen and oxygen atoms in total. The van der Waals surface area contributed by atoms with Gasteiger partial charge in [-0.15, -0.1) is 0 Å². The molecule has 5 heteroatoms. The van der Waals surface area contributed by atoms with Crippen molar-refractivity contribution in [3.8, 4) is 0 Å². The molecule has 0 saturated carbocycles. The highest BCUT2D eigenvalue weighted by molar-refractivity contribution is 5.80. The molecule has 0 aromatic rings. The first kappa shape index (κ1) is 11.4. The number of nitrogens with one attached hydrogen (secondary N) is 2. The maximum atomic E-state index is 11.2. The zero-order valence-electron chi connectivity index (χ0n) is 8.58. The maximum Gasteiger partial charge on any atom is 0.250 e. The lowest BCUT2D eigenvalue weighted by atomic mass is 10.2. The Morgan fingerprint density at radius 1 is 1.71 bits per heavy atom. The van der Waals surface area contributed by atoms with Crippen molar-refractivity contribution in [3.63, 3.8) is 0 Å². The van der Waals surface area contributed by atoms with Crippen molar-refractivity contribution in [2.75, 3.05) is 13.2 Å². The van der Waals surface area contributed by atoms with Crippen LogP contribution in [0.3, 0.4) is 0 Å². The molecule has 0 aromatic heterocycles. The first-order valence-electron chi connectivity index (χ1n) is 5.13. The second-order valence-electron chi connectivity index (χ2n) is 3.51. The van der Waals surface area contributed by atoms with Crippen molar-refractivity contribution in [1.29, 1.82) is 0 Å². The summed E-state index contributed by atoms with van der Waals surface area (Å²) in [5.74, 6) is 4.90. The minimum Gasteiger partial charge on any atom is -0.377 e. The van der Waals surface area contributed by atoms with Gasteiger partial charge in [0, 0.05) is 13.2 Å². The van der Waals surface area contributed by atoms with Crippen LogP contribution in [-0.2, 0) is 9.53 Å². The quantitative estimate of drug-likeness (QED) is 0.319. The molecule has 1 rings (SSSR count). The number of carbonyl (C=O) groups is 1. The van der Waals surface area contributed by atoms with Crippen LogP contribution in [0.5, 0.6) is 0 Å². The summed E-state index contributed by atoms with van der Waals surface area (Å²) >= 11 is 0. The average Bonchev–Trinajstić information content (AvgIpc) is 2.71. The van der Waals surface area contributed by atoms with Crippen LogP contribution in [0.15, 0.2) is 0 Å². The molecule has 1 aliphatic heterocycles. The normalized spacial score (nSPS) is 23.4. The number of ether oxygens (including phenoxy) is 1. The largest absolute Gasteiger partial charge is 0.377 e. The van der Waals surface area contributed by atoms with Crippen molar-refractivity contribution in [1.82, 2.24) is 10.7 Å². The van der Waals surface area contributed by atoms with E-state index in [9.17, 15) is 4.79 Å². The van der Waals surface area contributed by atoms with Crippen LogP contribution in [0.25, 0.3) is 0 Å². The van der Waals surface area contributed by atoms with Gasteiger partial charge in [0.1, 0.15) is 0 Å². The van der Waals surface area contributed by atoms with E-state index in [4.69, 9.17) is 10.6 Å². The molecule has 82 valence electrons. The summed E-state index contributed by atoms with van der Waals surface area (Å²) in [5.41, 5.74) is 2.15. The van der Waals surface area contributed by atoms with Gasteiger partial charge in [-0.3, -0.25) is 10.2 Å². The van der Waals surface area contributed by atoms with E-state index in [1.165, 1.54) is 0 Å². The molecule has 1 saturated heterocycles. The molecule has 1 aliphatic rings. The van der Waals surface area contributed by atoms with Crippen molar-refractivity contribution in [2.24, 2.45) is 5.84 Å². The molecule has 0 aliphatic carbocycles. The van der Waals surface area contributed by atoms with Crippen molar-refractivity contribution < 1.29 is 9.53 Å². The van der Waals surface area contributed by atoms with Gasteiger partial charge in [-0.2, -0.15) is 0 Å². The van der Waals surface area contributed by atoms with E-state index >= 15 is 0 Å². The fraction of sp³-hybridized carbons (Fsp3) is 0.889. The molecule has 0 spiro atoms. The van der Waals surface area contributed by atoms with Crippen molar-refractivity contribution in [2.45, 2.75) is 38.3 Å². The zero-order valence-corrected chi connectivity index (χ0v) is 8.58. The summed E-state index contributed by atoms with van der Waals surface area (Å²) in [6.45, 7) is 3.51. The van der Waals surface area contributed by atoms with Gasteiger partial charge in [0.05, 0.1) is 12.1 Å². The zero-order chi connectivity index (χ0) is 10.4. The average molecular weight is 201 g/mol. The van der Waals surface area contributed by atoms with Gasteiger partial charge in [0.15, 0.2) is 0 Å². The summed E-state index contributed by atoms with van der Waals surface area (Å²) < 4.78 is 5.44. The first-order chi connectivity index (χ1) is 6.77. The summed E-state index contributed by atoms with van der Waals surface area (Å²) in [6.07, 6.45) is 3.19. The molecule has 0 unspecified atom stereocenters. The lowest BCUT2D eigenvalue weighted by molar-refractivity contribution is -0.123. The highest BCUT2D eigenvalue weighted by atomic mass is 16.5. The lowest BCUT2D eigenvalue weighted by Crippen LogP contribution is -2.48. The second-order valence-corrected chi connectivity index (χ2v) is 3.51. The Morgan fingerprint density at radius 3 is 3.00 bits per heavy atom. The Morgan fingerprint density at radius 2 is 2.50 bits per heavy atom. The summed E-state index contributed by atoms with van der Waals surface area (Å²) in [7, 11) is 0. The highest BCUT2D eigenvalue weighted by Gasteiger charge is 2.19. The molecule has 1 heterocycles. The molecule has 1 amide bonds. The van der Waals surface area contributed by atoms with E-state index in [0.29, 0.717) is 0 Å². The van der Waals surface area contributed by atoms with Gasteiger partial charge in [0.25, 0.3) is 5.91 Å². The maximum absolute atomic E-state index is 11.2. The van der Waals surface area contributed by atoms with Crippen LogP contribution >= 0.6 is 0 Å². The minimum absolute atomic E-state index is 0.162.